The zero-order valence-electron chi connectivity index (χ0n) is 26.0. The van der Waals surface area contributed by atoms with Gasteiger partial charge in [-0.25, -0.2) is 15.0 Å². The number of nitriles is 1. The summed E-state index contributed by atoms with van der Waals surface area (Å²) in [5.41, 5.74) is 6.55. The topological polar surface area (TPSA) is 66.0 Å². The summed E-state index contributed by atoms with van der Waals surface area (Å²) in [4.78, 5) is 23.5. The molecule has 0 unspecified atom stereocenters. The molecule has 1 aliphatic carbocycles. The number of thiophene rings is 2. The zero-order valence-corrected chi connectivity index (χ0v) is 27.6. The third-order valence-electron chi connectivity index (χ3n) is 8.96. The van der Waals surface area contributed by atoms with E-state index in [0.29, 0.717) is 33.5 Å². The highest BCUT2D eigenvalue weighted by Crippen LogP contribution is 2.47. The highest BCUT2D eigenvalue weighted by Gasteiger charge is 2.32. The van der Waals surface area contributed by atoms with Gasteiger partial charge in [0.2, 0.25) is 0 Å². The van der Waals surface area contributed by atoms with E-state index in [1.165, 1.54) is 26.8 Å². The Hall–Kier alpha value is -6.76. The van der Waals surface area contributed by atoms with Crippen LogP contribution in [0.3, 0.4) is 0 Å². The second-order valence-corrected chi connectivity index (χ2v) is 13.9. The van der Waals surface area contributed by atoms with Gasteiger partial charge in [-0.1, -0.05) is 66.7 Å². The van der Waals surface area contributed by atoms with E-state index >= 15 is 0 Å². The summed E-state index contributed by atoms with van der Waals surface area (Å²) in [6.07, 6.45) is 1.76. The SMILES string of the molecule is [C-]#[N+]/C(C#N)=C1\C(=C\c2cc3oc4cc(N(c5ccc([N+]#[C-])cc5)c5cccc6c5sc5ccccc56)ccc4c3s2)C(=O)c2ccccc21. The third kappa shape index (κ3) is 4.47. The predicted octanol–water partition coefficient (Wildman–Crippen LogP) is 12.5. The minimum absolute atomic E-state index is 0.104. The molecule has 6 nitrogen and oxygen atoms in total. The molecule has 0 radical (unpaired) electrons. The summed E-state index contributed by atoms with van der Waals surface area (Å²) in [5, 5.41) is 13.1. The van der Waals surface area contributed by atoms with Gasteiger partial charge in [0.1, 0.15) is 11.2 Å². The smallest absolute Gasteiger partial charge is 0.270 e. The van der Waals surface area contributed by atoms with E-state index < -0.39 is 0 Å². The Morgan fingerprint density at radius 3 is 2.32 bits per heavy atom. The highest BCUT2D eigenvalue weighted by molar-refractivity contribution is 7.26. The summed E-state index contributed by atoms with van der Waals surface area (Å²) in [6.45, 7) is 15.0. The van der Waals surface area contributed by atoms with E-state index in [2.05, 4.69) is 69.2 Å². The molecule has 50 heavy (non-hydrogen) atoms. The van der Waals surface area contributed by atoms with Gasteiger partial charge in [-0.15, -0.1) is 22.7 Å². The minimum Gasteiger partial charge on any atom is -0.455 e. The van der Waals surface area contributed by atoms with Crippen LogP contribution in [0.25, 0.3) is 62.8 Å². The van der Waals surface area contributed by atoms with Gasteiger partial charge >= 0.3 is 0 Å². The quantitative estimate of drug-likeness (QED) is 0.106. The van der Waals surface area contributed by atoms with Crippen molar-refractivity contribution in [3.63, 3.8) is 0 Å². The first-order valence-corrected chi connectivity index (χ1v) is 17.2. The maximum atomic E-state index is 13.5. The number of fused-ring (bicyclic) bond motifs is 7. The number of benzene rings is 5. The molecular weight excluding hydrogens is 657 g/mol. The second kappa shape index (κ2) is 11.4. The molecule has 0 atom stereocenters. The van der Waals surface area contributed by atoms with Crippen molar-refractivity contribution in [2.75, 3.05) is 4.90 Å². The number of hydrogen-bond acceptors (Lipinski definition) is 6. The third-order valence-corrected chi connectivity index (χ3v) is 11.3. The Labute approximate surface area is 293 Å². The number of Topliss-reactive ketones (excluding diaryl/α,β-unsaturated/α-hetero) is 1. The van der Waals surface area contributed by atoms with Crippen LogP contribution in [0.15, 0.2) is 131 Å². The number of rotatable bonds is 4. The van der Waals surface area contributed by atoms with Gasteiger partial charge in [-0.2, -0.15) is 0 Å². The van der Waals surface area contributed by atoms with E-state index in [1.807, 2.05) is 42.5 Å². The molecule has 0 N–H and O–H groups in total. The molecule has 8 heteroatoms. The van der Waals surface area contributed by atoms with Gasteiger partial charge in [0.05, 0.1) is 34.3 Å². The van der Waals surface area contributed by atoms with Crippen LogP contribution in [0, 0.1) is 24.5 Å². The summed E-state index contributed by atoms with van der Waals surface area (Å²) in [5.74, 6) is -0.204. The molecule has 0 saturated heterocycles. The van der Waals surface area contributed by atoms with E-state index in [4.69, 9.17) is 17.6 Å². The van der Waals surface area contributed by atoms with Crippen LogP contribution in [-0.2, 0) is 0 Å². The standard InChI is InChI=1S/C42H20N4O2S2/c1-44-24-14-16-25(17-15-24)46(35-12-7-11-31-28-8-5-6-13-38(28)50-41(31)35)26-18-19-32-36(20-26)48-37-22-27(49-42(32)37)21-33-39(34(23-43)45-2)29-9-3-4-10-30(29)40(33)47/h3-22H/b33-21-,39-34-. The number of furan rings is 1. The number of hydrogen-bond donors (Lipinski definition) is 0. The summed E-state index contributed by atoms with van der Waals surface area (Å²) in [6, 6.07) is 39.6. The predicted molar refractivity (Wildman–Crippen MR) is 203 cm³/mol. The van der Waals surface area contributed by atoms with Crippen molar-refractivity contribution in [3.05, 3.63) is 165 Å². The van der Waals surface area contributed by atoms with Crippen LogP contribution >= 0.6 is 22.7 Å². The van der Waals surface area contributed by atoms with E-state index in [-0.39, 0.29) is 11.5 Å². The first-order valence-electron chi connectivity index (χ1n) is 15.6. The molecule has 8 aromatic rings. The number of allylic oxidation sites excluding steroid dienone is 3. The fraction of sp³-hybridized carbons (Fsp3) is 0. The van der Waals surface area contributed by atoms with Crippen LogP contribution < -0.4 is 4.90 Å². The van der Waals surface area contributed by atoms with Crippen molar-refractivity contribution in [2.45, 2.75) is 0 Å². The minimum atomic E-state index is -0.204. The Balaban J connectivity index is 1.17. The average molecular weight is 677 g/mol. The zero-order chi connectivity index (χ0) is 33.9. The molecule has 0 spiro atoms. The lowest BCUT2D eigenvalue weighted by atomic mass is 10.0. The molecule has 9 rings (SSSR count). The molecule has 5 aromatic carbocycles. The number of nitrogens with zero attached hydrogens (tertiary/aromatic N) is 4. The van der Waals surface area contributed by atoms with Gasteiger partial charge in [-0.3, -0.25) is 4.79 Å². The number of anilines is 3. The van der Waals surface area contributed by atoms with Crippen molar-refractivity contribution in [2.24, 2.45) is 0 Å². The van der Waals surface area contributed by atoms with Crippen LogP contribution in [0.4, 0.5) is 22.7 Å². The van der Waals surface area contributed by atoms with Crippen LogP contribution in [0.5, 0.6) is 0 Å². The first kappa shape index (κ1) is 29.4. The fourth-order valence-corrected chi connectivity index (χ4v) is 9.02. The van der Waals surface area contributed by atoms with Crippen LogP contribution in [0.2, 0.25) is 0 Å². The summed E-state index contributed by atoms with van der Waals surface area (Å²) < 4.78 is 9.78. The molecule has 0 fully saturated rings. The Kier molecular flexibility index (Phi) is 6.72. The molecule has 3 heterocycles. The van der Waals surface area contributed by atoms with Crippen molar-refractivity contribution in [1.82, 2.24) is 0 Å². The van der Waals surface area contributed by atoms with E-state index in [1.54, 1.807) is 41.7 Å². The molecule has 0 aliphatic heterocycles. The Morgan fingerprint density at radius 1 is 0.760 bits per heavy atom. The van der Waals surface area contributed by atoms with Crippen molar-refractivity contribution in [1.29, 1.82) is 5.26 Å². The van der Waals surface area contributed by atoms with Crippen molar-refractivity contribution >= 4 is 104 Å². The normalized spacial score (nSPS) is 14.3. The molecule has 3 aromatic heterocycles. The van der Waals surface area contributed by atoms with Crippen LogP contribution in [-0.4, -0.2) is 5.78 Å². The summed E-state index contributed by atoms with van der Waals surface area (Å²) >= 11 is 3.26. The molecule has 0 saturated carbocycles. The second-order valence-electron chi connectivity index (χ2n) is 11.7. The Bertz CT molecular complexity index is 2920. The van der Waals surface area contributed by atoms with Gasteiger partial charge < -0.3 is 9.32 Å². The lowest BCUT2D eigenvalue weighted by Gasteiger charge is -2.26. The van der Waals surface area contributed by atoms with E-state index in [0.717, 1.165) is 42.3 Å². The monoisotopic (exact) mass is 676 g/mol. The Morgan fingerprint density at radius 2 is 1.52 bits per heavy atom. The van der Waals surface area contributed by atoms with Crippen LogP contribution in [0.1, 0.15) is 20.8 Å². The van der Waals surface area contributed by atoms with Crippen molar-refractivity contribution in [3.8, 4) is 6.07 Å². The molecule has 1 aliphatic rings. The molecule has 232 valence electrons. The van der Waals surface area contributed by atoms with Gasteiger partial charge in [-0.05, 0) is 54.1 Å². The summed E-state index contributed by atoms with van der Waals surface area (Å²) in [7, 11) is 0. The van der Waals surface area contributed by atoms with Gasteiger partial charge in [0.25, 0.3) is 5.70 Å². The maximum absolute atomic E-state index is 13.5. The van der Waals surface area contributed by atoms with E-state index in [9.17, 15) is 10.1 Å². The maximum Gasteiger partial charge on any atom is 0.270 e. The largest absolute Gasteiger partial charge is 0.455 e. The lowest BCUT2D eigenvalue weighted by molar-refractivity contribution is 0.104. The fourth-order valence-electron chi connectivity index (χ4n) is 6.75. The lowest BCUT2D eigenvalue weighted by Crippen LogP contribution is -2.09. The first-order chi connectivity index (χ1) is 24.6. The van der Waals surface area contributed by atoms with Gasteiger partial charge in [0, 0.05) is 59.9 Å². The van der Waals surface area contributed by atoms with Crippen molar-refractivity contribution < 1.29 is 9.21 Å². The average Bonchev–Trinajstić information content (AvgIpc) is 3.89. The number of carbonyl (C=O) groups is 1. The molecule has 0 bridgehead atoms. The number of carbonyl (C=O) groups excluding carboxylic acids is 1. The number of ketones is 1. The molecule has 0 amide bonds. The highest BCUT2D eigenvalue weighted by atomic mass is 32.1. The molecular formula is C42H20N4O2S2. The van der Waals surface area contributed by atoms with Gasteiger partial charge in [0.15, 0.2) is 11.5 Å².